The van der Waals surface area contributed by atoms with E-state index in [1.54, 1.807) is 0 Å². The minimum atomic E-state index is 0.0678. The lowest BCUT2D eigenvalue weighted by Gasteiger charge is -2.16. The molecular weight excluding hydrogens is 366 g/mol. The highest BCUT2D eigenvalue weighted by atomic mass is 79.9. The van der Waals surface area contributed by atoms with Gasteiger partial charge in [-0.1, -0.05) is 62.9 Å². The normalized spacial score (nSPS) is 12.5. The summed E-state index contributed by atoms with van der Waals surface area (Å²) in [4.78, 5) is 0.0678. The molecule has 0 fully saturated rings. The molecule has 4 heteroatoms. The Labute approximate surface area is 136 Å². The zero-order chi connectivity index (χ0) is 14.2. The van der Waals surface area contributed by atoms with Gasteiger partial charge in [-0.25, -0.2) is 0 Å². The van der Waals surface area contributed by atoms with Gasteiger partial charge in [0.05, 0.1) is 14.9 Å². The second-order valence-electron chi connectivity index (χ2n) is 4.49. The van der Waals surface area contributed by atoms with Crippen LogP contribution in [0.2, 0.25) is 15.1 Å². The fourth-order valence-corrected chi connectivity index (χ4v) is 3.23. The molecule has 1 unspecified atom stereocenters. The van der Waals surface area contributed by atoms with Crippen molar-refractivity contribution in [3.63, 3.8) is 0 Å². The van der Waals surface area contributed by atoms with Crippen molar-refractivity contribution < 1.29 is 0 Å². The first-order valence-electron chi connectivity index (χ1n) is 5.76. The number of alkyl halides is 1. The Morgan fingerprint density at radius 2 is 1.53 bits per heavy atom. The fraction of sp³-hybridized carbons (Fsp3) is 0.200. The summed E-state index contributed by atoms with van der Waals surface area (Å²) in [5, 5.41) is 1.91. The van der Waals surface area contributed by atoms with Crippen molar-refractivity contribution >= 4 is 50.7 Å². The zero-order valence-electron chi connectivity index (χ0n) is 10.5. The molecule has 0 amide bonds. The first kappa shape index (κ1) is 15.2. The van der Waals surface area contributed by atoms with E-state index in [1.807, 2.05) is 38.1 Å². The van der Waals surface area contributed by atoms with Crippen LogP contribution in [0.4, 0.5) is 0 Å². The number of rotatable bonds is 2. The van der Waals surface area contributed by atoms with E-state index in [4.69, 9.17) is 34.8 Å². The van der Waals surface area contributed by atoms with Gasteiger partial charge in [0, 0.05) is 5.02 Å². The van der Waals surface area contributed by atoms with Gasteiger partial charge in [0.2, 0.25) is 0 Å². The van der Waals surface area contributed by atoms with Crippen molar-refractivity contribution in [3.05, 3.63) is 67.7 Å². The third-order valence-corrected chi connectivity index (χ3v) is 5.22. The number of hydrogen-bond donors (Lipinski definition) is 0. The molecule has 0 aliphatic carbocycles. The third kappa shape index (κ3) is 3.28. The summed E-state index contributed by atoms with van der Waals surface area (Å²) in [5.74, 6) is 0. The van der Waals surface area contributed by atoms with E-state index in [1.165, 1.54) is 5.56 Å². The zero-order valence-corrected chi connectivity index (χ0v) is 14.3. The molecule has 0 aliphatic rings. The molecule has 2 rings (SSSR count). The molecule has 0 aromatic heterocycles. The third-order valence-electron chi connectivity index (χ3n) is 3.06. The topological polar surface area (TPSA) is 0 Å². The summed E-state index contributed by atoms with van der Waals surface area (Å²) in [6.45, 7) is 4.05. The van der Waals surface area contributed by atoms with Gasteiger partial charge in [-0.2, -0.15) is 0 Å². The van der Waals surface area contributed by atoms with Gasteiger partial charge in [-0.3, -0.25) is 0 Å². The van der Waals surface area contributed by atoms with Gasteiger partial charge in [-0.15, -0.1) is 0 Å². The van der Waals surface area contributed by atoms with Gasteiger partial charge in [0.1, 0.15) is 0 Å². The second-order valence-corrected chi connectivity index (χ2v) is 6.63. The second kappa shape index (κ2) is 6.05. The van der Waals surface area contributed by atoms with Crippen molar-refractivity contribution in [1.82, 2.24) is 0 Å². The molecule has 100 valence electrons. The Kier molecular flexibility index (Phi) is 4.84. The van der Waals surface area contributed by atoms with Crippen molar-refractivity contribution in [2.75, 3.05) is 0 Å². The van der Waals surface area contributed by atoms with Crippen LogP contribution >= 0.6 is 50.7 Å². The van der Waals surface area contributed by atoms with Crippen LogP contribution in [0.3, 0.4) is 0 Å². The predicted molar refractivity (Wildman–Crippen MR) is 88.2 cm³/mol. The highest BCUT2D eigenvalue weighted by Gasteiger charge is 2.15. The van der Waals surface area contributed by atoms with Crippen molar-refractivity contribution in [2.45, 2.75) is 18.7 Å². The standard InChI is InChI=1S/C15H12BrCl3/c1-8-6-13(18)9(2)5-11(8)15(16)10-3-4-12(17)14(19)7-10/h3-7,15H,1-2H3. The van der Waals surface area contributed by atoms with E-state index < -0.39 is 0 Å². The van der Waals surface area contributed by atoms with Crippen molar-refractivity contribution in [3.8, 4) is 0 Å². The molecule has 0 nitrogen and oxygen atoms in total. The molecule has 1 atom stereocenters. The lowest BCUT2D eigenvalue weighted by atomic mass is 9.98. The lowest BCUT2D eigenvalue weighted by molar-refractivity contribution is 1.13. The van der Waals surface area contributed by atoms with Crippen LogP contribution in [0.5, 0.6) is 0 Å². The monoisotopic (exact) mass is 376 g/mol. The maximum absolute atomic E-state index is 6.13. The maximum atomic E-state index is 6.13. The molecule has 0 N–H and O–H groups in total. The fourth-order valence-electron chi connectivity index (χ4n) is 1.93. The Morgan fingerprint density at radius 3 is 2.16 bits per heavy atom. The summed E-state index contributed by atoms with van der Waals surface area (Å²) in [5.41, 5.74) is 4.45. The Hall–Kier alpha value is -0.210. The first-order chi connectivity index (χ1) is 8.90. The SMILES string of the molecule is Cc1cc(C(Br)c2ccc(Cl)c(Cl)c2)c(C)cc1Cl. The summed E-state index contributed by atoms with van der Waals surface area (Å²) < 4.78 is 0. The highest BCUT2D eigenvalue weighted by molar-refractivity contribution is 9.09. The Balaban J connectivity index is 2.46. The predicted octanol–water partition coefficient (Wildman–Crippen LogP) is 6.75. The lowest BCUT2D eigenvalue weighted by Crippen LogP contribution is -1.97. The molecular formula is C15H12BrCl3. The van der Waals surface area contributed by atoms with E-state index in [2.05, 4.69) is 22.0 Å². The molecule has 0 heterocycles. The molecule has 2 aromatic carbocycles. The van der Waals surface area contributed by atoms with Crippen molar-refractivity contribution in [2.24, 2.45) is 0 Å². The Morgan fingerprint density at radius 1 is 0.842 bits per heavy atom. The largest absolute Gasteiger partial charge is 0.0840 e. The quantitative estimate of drug-likeness (QED) is 0.507. The van der Waals surface area contributed by atoms with Crippen LogP contribution in [0.1, 0.15) is 27.1 Å². The molecule has 0 bridgehead atoms. The van der Waals surface area contributed by atoms with Crippen LogP contribution in [0.25, 0.3) is 0 Å². The van der Waals surface area contributed by atoms with Gasteiger partial charge in [0.15, 0.2) is 0 Å². The maximum Gasteiger partial charge on any atom is 0.0647 e. The molecule has 2 aromatic rings. The van der Waals surface area contributed by atoms with Gasteiger partial charge in [0.25, 0.3) is 0 Å². The molecule has 0 saturated heterocycles. The number of aryl methyl sites for hydroxylation is 2. The van der Waals surface area contributed by atoms with E-state index in [9.17, 15) is 0 Å². The average Bonchev–Trinajstić information content (AvgIpc) is 2.36. The summed E-state index contributed by atoms with van der Waals surface area (Å²) in [6.07, 6.45) is 0. The van der Waals surface area contributed by atoms with E-state index in [-0.39, 0.29) is 4.83 Å². The van der Waals surface area contributed by atoms with Gasteiger partial charge in [-0.05, 0) is 54.3 Å². The number of hydrogen-bond acceptors (Lipinski definition) is 0. The van der Waals surface area contributed by atoms with E-state index >= 15 is 0 Å². The van der Waals surface area contributed by atoms with E-state index in [0.717, 1.165) is 21.7 Å². The number of benzene rings is 2. The average molecular weight is 379 g/mol. The van der Waals surface area contributed by atoms with Crippen LogP contribution in [-0.4, -0.2) is 0 Å². The molecule has 19 heavy (non-hydrogen) atoms. The minimum Gasteiger partial charge on any atom is -0.0840 e. The highest BCUT2D eigenvalue weighted by Crippen LogP contribution is 2.37. The summed E-state index contributed by atoms with van der Waals surface area (Å²) >= 11 is 21.9. The smallest absolute Gasteiger partial charge is 0.0647 e. The van der Waals surface area contributed by atoms with Crippen molar-refractivity contribution in [1.29, 1.82) is 0 Å². The minimum absolute atomic E-state index is 0.0678. The number of halogens is 4. The Bertz CT molecular complexity index is 623. The molecule has 0 saturated carbocycles. The van der Waals surface area contributed by atoms with Crippen LogP contribution in [0, 0.1) is 13.8 Å². The molecule has 0 spiro atoms. The van der Waals surface area contributed by atoms with E-state index in [0.29, 0.717) is 10.0 Å². The van der Waals surface area contributed by atoms with Crippen LogP contribution in [0.15, 0.2) is 30.3 Å². The van der Waals surface area contributed by atoms with Crippen LogP contribution in [-0.2, 0) is 0 Å². The molecule has 0 radical (unpaired) electrons. The summed E-state index contributed by atoms with van der Waals surface area (Å²) in [7, 11) is 0. The molecule has 0 aliphatic heterocycles. The van der Waals surface area contributed by atoms with Gasteiger partial charge < -0.3 is 0 Å². The van der Waals surface area contributed by atoms with Crippen LogP contribution < -0.4 is 0 Å². The van der Waals surface area contributed by atoms with Gasteiger partial charge >= 0.3 is 0 Å². The first-order valence-corrected chi connectivity index (χ1v) is 7.80. The summed E-state index contributed by atoms with van der Waals surface area (Å²) in [6, 6.07) is 9.74.